The van der Waals surface area contributed by atoms with Gasteiger partial charge in [-0.15, -0.1) is 0 Å². The number of hydrogen-bond donors (Lipinski definition) is 1. The molecule has 0 saturated heterocycles. The molecule has 1 aliphatic heterocycles. The molecule has 6 heteroatoms. The van der Waals surface area contributed by atoms with E-state index >= 15 is 0 Å². The quantitative estimate of drug-likeness (QED) is 0.314. The highest BCUT2D eigenvalue weighted by Gasteiger charge is 2.32. The van der Waals surface area contributed by atoms with Crippen molar-refractivity contribution in [2.24, 2.45) is 4.99 Å². The standard InChI is InChI=1S/C30H22ClN3O2/c1-20-7-15-25(16-8-20)32-29(35)23-11-17-26(18-12-23)34-28(22-5-3-2-4-6-22)33-27(30(34)36)19-21-9-13-24(31)14-10-21/h2-19H,1H3,(H,32,35). The number of carbonyl (C=O) groups is 2. The summed E-state index contributed by atoms with van der Waals surface area (Å²) < 4.78 is 0. The van der Waals surface area contributed by atoms with Gasteiger partial charge in [0.15, 0.2) is 0 Å². The predicted molar refractivity (Wildman–Crippen MR) is 145 cm³/mol. The number of rotatable bonds is 5. The molecule has 1 N–H and O–H groups in total. The van der Waals surface area contributed by atoms with Crippen molar-refractivity contribution in [1.29, 1.82) is 0 Å². The maximum atomic E-state index is 13.5. The Hall–Kier alpha value is -4.48. The first-order chi connectivity index (χ1) is 17.5. The second-order valence-electron chi connectivity index (χ2n) is 8.39. The third-order valence-electron chi connectivity index (χ3n) is 5.76. The summed E-state index contributed by atoms with van der Waals surface area (Å²) in [5, 5.41) is 3.52. The molecular formula is C30H22ClN3O2. The monoisotopic (exact) mass is 491 g/mol. The zero-order valence-electron chi connectivity index (χ0n) is 19.5. The lowest BCUT2D eigenvalue weighted by molar-refractivity contribution is -0.113. The van der Waals surface area contributed by atoms with Crippen molar-refractivity contribution >= 4 is 46.7 Å². The zero-order valence-corrected chi connectivity index (χ0v) is 20.2. The molecule has 0 bridgehead atoms. The minimum atomic E-state index is -0.249. The topological polar surface area (TPSA) is 61.8 Å². The Morgan fingerprint density at radius 1 is 0.861 bits per heavy atom. The van der Waals surface area contributed by atoms with E-state index in [-0.39, 0.29) is 11.8 Å². The average molecular weight is 492 g/mol. The number of amidine groups is 1. The molecule has 5 rings (SSSR count). The third-order valence-corrected chi connectivity index (χ3v) is 6.01. The fraction of sp³-hybridized carbons (Fsp3) is 0.0333. The highest BCUT2D eigenvalue weighted by Crippen LogP contribution is 2.28. The van der Waals surface area contributed by atoms with Gasteiger partial charge in [-0.2, -0.15) is 0 Å². The lowest BCUT2D eigenvalue weighted by atomic mass is 10.1. The molecule has 0 aliphatic carbocycles. The molecule has 0 fully saturated rings. The maximum absolute atomic E-state index is 13.5. The number of halogens is 1. The van der Waals surface area contributed by atoms with E-state index in [4.69, 9.17) is 11.6 Å². The van der Waals surface area contributed by atoms with Crippen molar-refractivity contribution in [1.82, 2.24) is 0 Å². The van der Waals surface area contributed by atoms with E-state index in [1.54, 1.807) is 47.4 Å². The Kier molecular flexibility index (Phi) is 6.48. The van der Waals surface area contributed by atoms with Gasteiger partial charge >= 0.3 is 0 Å². The molecule has 0 aromatic heterocycles. The van der Waals surface area contributed by atoms with Crippen LogP contribution in [0.1, 0.15) is 27.0 Å². The van der Waals surface area contributed by atoms with E-state index in [0.717, 1.165) is 22.4 Å². The normalized spacial score (nSPS) is 14.2. The van der Waals surface area contributed by atoms with Crippen LogP contribution in [0.25, 0.3) is 6.08 Å². The molecule has 36 heavy (non-hydrogen) atoms. The summed E-state index contributed by atoms with van der Waals surface area (Å²) in [4.78, 5) is 32.5. The van der Waals surface area contributed by atoms with Crippen LogP contribution in [0.5, 0.6) is 0 Å². The van der Waals surface area contributed by atoms with E-state index < -0.39 is 0 Å². The second kappa shape index (κ2) is 10.0. The third kappa shape index (κ3) is 4.97. The largest absolute Gasteiger partial charge is 0.322 e. The summed E-state index contributed by atoms with van der Waals surface area (Å²) in [6.07, 6.45) is 1.74. The van der Waals surface area contributed by atoms with Gasteiger partial charge in [0.1, 0.15) is 11.5 Å². The fourth-order valence-corrected chi connectivity index (χ4v) is 3.98. The van der Waals surface area contributed by atoms with Crippen LogP contribution in [-0.4, -0.2) is 17.6 Å². The van der Waals surface area contributed by atoms with E-state index in [1.807, 2.05) is 73.7 Å². The van der Waals surface area contributed by atoms with Crippen molar-refractivity contribution in [3.63, 3.8) is 0 Å². The summed E-state index contributed by atoms with van der Waals surface area (Å²) >= 11 is 6.00. The van der Waals surface area contributed by atoms with E-state index in [1.165, 1.54) is 0 Å². The van der Waals surface area contributed by atoms with E-state index in [0.29, 0.717) is 27.8 Å². The molecule has 4 aromatic carbocycles. The molecule has 0 spiro atoms. The Balaban J connectivity index is 1.44. The molecule has 0 atom stereocenters. The molecular weight excluding hydrogens is 470 g/mol. The van der Waals surface area contributed by atoms with Crippen LogP contribution in [0.15, 0.2) is 114 Å². The molecule has 4 aromatic rings. The Morgan fingerprint density at radius 2 is 1.53 bits per heavy atom. The number of anilines is 2. The van der Waals surface area contributed by atoms with Gasteiger partial charge in [0.2, 0.25) is 0 Å². The second-order valence-corrected chi connectivity index (χ2v) is 8.83. The number of nitrogens with zero attached hydrogens (tertiary/aromatic N) is 2. The van der Waals surface area contributed by atoms with Gasteiger partial charge in [-0.1, -0.05) is 71.8 Å². The van der Waals surface area contributed by atoms with Crippen LogP contribution < -0.4 is 10.2 Å². The smallest absolute Gasteiger partial charge is 0.282 e. The van der Waals surface area contributed by atoms with Gasteiger partial charge in [-0.3, -0.25) is 14.5 Å². The number of hydrogen-bond acceptors (Lipinski definition) is 3. The van der Waals surface area contributed by atoms with Crippen LogP contribution in [0.3, 0.4) is 0 Å². The van der Waals surface area contributed by atoms with Crippen molar-refractivity contribution in [2.75, 3.05) is 10.2 Å². The Labute approximate surface area is 214 Å². The number of aryl methyl sites for hydroxylation is 1. The summed E-state index contributed by atoms with van der Waals surface area (Å²) in [5.74, 6) is 0.0526. The lowest BCUT2D eigenvalue weighted by Gasteiger charge is -2.19. The number of aliphatic imine (C=N–C) groups is 1. The Bertz CT molecular complexity index is 1470. The molecule has 2 amide bonds. The van der Waals surface area contributed by atoms with Crippen molar-refractivity contribution in [2.45, 2.75) is 6.92 Å². The van der Waals surface area contributed by atoms with Gasteiger partial charge in [0.25, 0.3) is 11.8 Å². The first-order valence-electron chi connectivity index (χ1n) is 11.4. The first kappa shape index (κ1) is 23.3. The summed E-state index contributed by atoms with van der Waals surface area (Å²) in [6.45, 7) is 1.99. The highest BCUT2D eigenvalue weighted by atomic mass is 35.5. The molecule has 5 nitrogen and oxygen atoms in total. The molecule has 0 saturated carbocycles. The van der Waals surface area contributed by atoms with Crippen LogP contribution >= 0.6 is 11.6 Å². The Morgan fingerprint density at radius 3 is 2.19 bits per heavy atom. The van der Waals surface area contributed by atoms with Crippen molar-refractivity contribution in [3.8, 4) is 0 Å². The number of carbonyl (C=O) groups excluding carboxylic acids is 2. The number of nitrogens with one attached hydrogen (secondary N) is 1. The van der Waals surface area contributed by atoms with Crippen LogP contribution in [0, 0.1) is 6.92 Å². The molecule has 0 radical (unpaired) electrons. The van der Waals surface area contributed by atoms with Gasteiger partial charge in [-0.05, 0) is 67.1 Å². The zero-order chi connectivity index (χ0) is 25.1. The van der Waals surface area contributed by atoms with Gasteiger partial charge in [-0.25, -0.2) is 4.99 Å². The van der Waals surface area contributed by atoms with Gasteiger partial charge in [0.05, 0.1) is 5.69 Å². The predicted octanol–water partition coefficient (Wildman–Crippen LogP) is 6.74. The van der Waals surface area contributed by atoms with E-state index in [2.05, 4.69) is 10.3 Å². The number of amides is 2. The average Bonchev–Trinajstić information content (AvgIpc) is 3.23. The SMILES string of the molecule is Cc1ccc(NC(=O)c2ccc(N3C(=O)C(=Cc4ccc(Cl)cc4)N=C3c3ccccc3)cc2)cc1. The highest BCUT2D eigenvalue weighted by molar-refractivity contribution is 6.33. The lowest BCUT2D eigenvalue weighted by Crippen LogP contribution is -2.32. The van der Waals surface area contributed by atoms with Gasteiger partial charge in [0, 0.05) is 21.8 Å². The van der Waals surface area contributed by atoms with Gasteiger partial charge < -0.3 is 5.32 Å². The summed E-state index contributed by atoms with van der Waals surface area (Å²) in [6, 6.07) is 31.3. The minimum absolute atomic E-state index is 0.224. The van der Waals surface area contributed by atoms with Crippen LogP contribution in [-0.2, 0) is 4.79 Å². The molecule has 0 unspecified atom stereocenters. The first-order valence-corrected chi connectivity index (χ1v) is 11.8. The van der Waals surface area contributed by atoms with Crippen LogP contribution in [0.4, 0.5) is 11.4 Å². The fourth-order valence-electron chi connectivity index (χ4n) is 3.86. The summed E-state index contributed by atoms with van der Waals surface area (Å²) in [5.41, 5.74) is 4.90. The number of benzene rings is 4. The molecule has 1 aliphatic rings. The summed E-state index contributed by atoms with van der Waals surface area (Å²) in [7, 11) is 0. The van der Waals surface area contributed by atoms with Crippen LogP contribution in [0.2, 0.25) is 5.02 Å². The van der Waals surface area contributed by atoms with Crippen molar-refractivity contribution in [3.05, 3.63) is 136 Å². The molecule has 176 valence electrons. The maximum Gasteiger partial charge on any atom is 0.282 e. The minimum Gasteiger partial charge on any atom is -0.322 e. The van der Waals surface area contributed by atoms with E-state index in [9.17, 15) is 9.59 Å². The molecule has 1 heterocycles. The van der Waals surface area contributed by atoms with Crippen molar-refractivity contribution < 1.29 is 9.59 Å².